The van der Waals surface area contributed by atoms with E-state index in [9.17, 15) is 9.90 Å². The second-order valence-corrected chi connectivity index (χ2v) is 4.93. The molecule has 2 N–H and O–H groups in total. The molecule has 0 aromatic carbocycles. The molecule has 0 bridgehead atoms. The predicted molar refractivity (Wildman–Crippen MR) is 61.1 cm³/mol. The molecule has 0 saturated carbocycles. The van der Waals surface area contributed by atoms with Crippen LogP contribution in [-0.4, -0.2) is 60.4 Å². The van der Waals surface area contributed by atoms with E-state index in [-0.39, 0.29) is 0 Å². The van der Waals surface area contributed by atoms with Crippen LogP contribution in [0, 0.1) is 0 Å². The molecule has 1 rings (SSSR count). The second-order valence-electron chi connectivity index (χ2n) is 4.93. The van der Waals surface area contributed by atoms with Crippen molar-refractivity contribution in [3.8, 4) is 0 Å². The summed E-state index contributed by atoms with van der Waals surface area (Å²) in [6.45, 7) is 7.66. The number of rotatable bonds is 3. The van der Waals surface area contributed by atoms with Gasteiger partial charge in [0, 0.05) is 31.7 Å². The fraction of sp³-hybridized carbons (Fsp3) is 0.909. The van der Waals surface area contributed by atoms with Gasteiger partial charge < -0.3 is 15.2 Å². The normalized spacial score (nSPS) is 30.8. The average Bonchev–Trinajstić information content (AvgIpc) is 2.13. The summed E-state index contributed by atoms with van der Waals surface area (Å²) in [6, 6.07) is 0.745. The summed E-state index contributed by atoms with van der Waals surface area (Å²) in [6.07, 6.45) is 0. The van der Waals surface area contributed by atoms with Gasteiger partial charge in [0.1, 0.15) is 0 Å². The number of ether oxygens (including phenoxy) is 1. The fourth-order valence-electron chi connectivity index (χ4n) is 2.29. The largest absolute Gasteiger partial charge is 0.467 e. The lowest BCUT2D eigenvalue weighted by Crippen LogP contribution is -2.58. The highest BCUT2D eigenvalue weighted by Crippen LogP contribution is 2.12. The Morgan fingerprint density at radius 1 is 1.50 bits per heavy atom. The number of hydrogen-bond donors (Lipinski definition) is 2. The van der Waals surface area contributed by atoms with Crippen molar-refractivity contribution >= 4 is 5.97 Å². The monoisotopic (exact) mass is 230 g/mol. The molecule has 1 saturated heterocycles. The van der Waals surface area contributed by atoms with Gasteiger partial charge in [-0.15, -0.1) is 0 Å². The first-order chi connectivity index (χ1) is 7.35. The van der Waals surface area contributed by atoms with Gasteiger partial charge in [-0.25, -0.2) is 4.79 Å². The average molecular weight is 230 g/mol. The Hall–Kier alpha value is -0.650. The van der Waals surface area contributed by atoms with E-state index in [2.05, 4.69) is 28.8 Å². The summed E-state index contributed by atoms with van der Waals surface area (Å²) in [5.41, 5.74) is -1.43. The molecule has 0 aromatic rings. The first-order valence-electron chi connectivity index (χ1n) is 5.64. The highest BCUT2D eigenvalue weighted by Gasteiger charge is 2.35. The maximum absolute atomic E-state index is 11.4. The van der Waals surface area contributed by atoms with E-state index in [0.717, 1.165) is 13.1 Å². The van der Waals surface area contributed by atoms with Gasteiger partial charge in [-0.1, -0.05) is 0 Å². The van der Waals surface area contributed by atoms with Crippen LogP contribution in [0.4, 0.5) is 0 Å². The first-order valence-corrected chi connectivity index (χ1v) is 5.64. The minimum atomic E-state index is -1.43. The minimum absolute atomic E-state index is 0.316. The van der Waals surface area contributed by atoms with Crippen LogP contribution in [0.25, 0.3) is 0 Å². The second kappa shape index (κ2) is 5.12. The van der Waals surface area contributed by atoms with Crippen LogP contribution >= 0.6 is 0 Å². The van der Waals surface area contributed by atoms with Crippen LogP contribution in [0.5, 0.6) is 0 Å². The molecule has 3 unspecified atom stereocenters. The van der Waals surface area contributed by atoms with Crippen molar-refractivity contribution in [2.45, 2.75) is 38.5 Å². The summed E-state index contributed by atoms with van der Waals surface area (Å²) in [4.78, 5) is 13.4. The molecule has 5 heteroatoms. The molecule has 94 valence electrons. The molecular formula is C11H22N2O3. The van der Waals surface area contributed by atoms with E-state index < -0.39 is 11.6 Å². The zero-order chi connectivity index (χ0) is 12.3. The third kappa shape index (κ3) is 3.43. The fourth-order valence-corrected chi connectivity index (χ4v) is 2.29. The van der Waals surface area contributed by atoms with E-state index in [1.54, 1.807) is 0 Å². The Morgan fingerprint density at radius 3 is 2.44 bits per heavy atom. The quantitative estimate of drug-likeness (QED) is 0.646. The summed E-state index contributed by atoms with van der Waals surface area (Å²) in [7, 11) is 1.29. The lowest BCUT2D eigenvalue weighted by atomic mass is 10.0. The molecule has 1 fully saturated rings. The molecule has 0 aliphatic carbocycles. The topological polar surface area (TPSA) is 61.8 Å². The van der Waals surface area contributed by atoms with Gasteiger partial charge in [0.15, 0.2) is 5.60 Å². The van der Waals surface area contributed by atoms with Crippen LogP contribution in [0.3, 0.4) is 0 Å². The van der Waals surface area contributed by atoms with Crippen molar-refractivity contribution in [1.29, 1.82) is 0 Å². The Balaban J connectivity index is 2.56. The van der Waals surface area contributed by atoms with E-state index in [1.807, 2.05) is 0 Å². The van der Waals surface area contributed by atoms with Crippen LogP contribution in [-0.2, 0) is 9.53 Å². The third-order valence-electron chi connectivity index (χ3n) is 2.79. The molecule has 0 radical (unpaired) electrons. The van der Waals surface area contributed by atoms with Crippen molar-refractivity contribution in [2.24, 2.45) is 0 Å². The molecule has 16 heavy (non-hydrogen) atoms. The summed E-state index contributed by atoms with van der Waals surface area (Å²) < 4.78 is 4.58. The number of hydrogen-bond acceptors (Lipinski definition) is 5. The summed E-state index contributed by atoms with van der Waals surface area (Å²) in [5, 5.41) is 13.4. The third-order valence-corrected chi connectivity index (χ3v) is 2.79. The maximum Gasteiger partial charge on any atom is 0.338 e. The van der Waals surface area contributed by atoms with Crippen molar-refractivity contribution in [1.82, 2.24) is 10.2 Å². The highest BCUT2D eigenvalue weighted by molar-refractivity contribution is 5.78. The number of aliphatic hydroxyl groups is 1. The van der Waals surface area contributed by atoms with Crippen LogP contribution in [0.2, 0.25) is 0 Å². The van der Waals surface area contributed by atoms with E-state index >= 15 is 0 Å². The van der Waals surface area contributed by atoms with Crippen molar-refractivity contribution in [3.63, 3.8) is 0 Å². The maximum atomic E-state index is 11.4. The predicted octanol–water partition coefficient (Wildman–Crippen LogP) is -0.407. The number of β-amino-alcohol motifs (C(OH)–C–C–N with tert-alkyl or cyclic N) is 1. The first kappa shape index (κ1) is 13.4. The number of carbonyl (C=O) groups excluding carboxylic acids is 1. The minimum Gasteiger partial charge on any atom is -0.467 e. The SMILES string of the molecule is COC(=O)C(C)(O)CN1CC(C)NC(C)C1. The van der Waals surface area contributed by atoms with Gasteiger partial charge in [-0.3, -0.25) is 4.90 Å². The molecule has 5 nitrogen and oxygen atoms in total. The van der Waals surface area contributed by atoms with Crippen LogP contribution < -0.4 is 5.32 Å². The molecule has 1 aliphatic rings. The van der Waals surface area contributed by atoms with Gasteiger partial charge in [0.05, 0.1) is 7.11 Å². The van der Waals surface area contributed by atoms with Gasteiger partial charge in [0.2, 0.25) is 0 Å². The van der Waals surface area contributed by atoms with Crippen LogP contribution in [0.15, 0.2) is 0 Å². The molecule has 1 heterocycles. The number of piperazine rings is 1. The van der Waals surface area contributed by atoms with E-state index in [0.29, 0.717) is 18.6 Å². The Morgan fingerprint density at radius 2 is 2.00 bits per heavy atom. The van der Waals surface area contributed by atoms with Crippen molar-refractivity contribution < 1.29 is 14.6 Å². The number of nitrogens with zero attached hydrogens (tertiary/aromatic N) is 1. The van der Waals surface area contributed by atoms with Crippen molar-refractivity contribution in [2.75, 3.05) is 26.7 Å². The molecular weight excluding hydrogens is 208 g/mol. The van der Waals surface area contributed by atoms with E-state index in [4.69, 9.17) is 0 Å². The Labute approximate surface area is 96.8 Å². The Kier molecular flexibility index (Phi) is 4.29. The number of esters is 1. The standard InChI is InChI=1S/C11H22N2O3/c1-8-5-13(6-9(2)12-8)7-11(3,15)10(14)16-4/h8-9,12,15H,5-7H2,1-4H3. The number of nitrogens with one attached hydrogen (secondary N) is 1. The number of methoxy groups -OCH3 is 1. The molecule has 0 amide bonds. The summed E-state index contributed by atoms with van der Waals surface area (Å²) in [5.74, 6) is -0.577. The van der Waals surface area contributed by atoms with Gasteiger partial charge >= 0.3 is 5.97 Å². The molecule has 0 aromatic heterocycles. The van der Waals surface area contributed by atoms with E-state index in [1.165, 1.54) is 14.0 Å². The van der Waals surface area contributed by atoms with Gasteiger partial charge in [-0.05, 0) is 20.8 Å². The molecule has 1 aliphatic heterocycles. The van der Waals surface area contributed by atoms with Crippen LogP contribution in [0.1, 0.15) is 20.8 Å². The lowest BCUT2D eigenvalue weighted by Gasteiger charge is -2.38. The zero-order valence-electron chi connectivity index (χ0n) is 10.5. The highest BCUT2D eigenvalue weighted by atomic mass is 16.5. The smallest absolute Gasteiger partial charge is 0.338 e. The Bertz CT molecular complexity index is 246. The van der Waals surface area contributed by atoms with Gasteiger partial charge in [-0.2, -0.15) is 0 Å². The van der Waals surface area contributed by atoms with Crippen molar-refractivity contribution in [3.05, 3.63) is 0 Å². The lowest BCUT2D eigenvalue weighted by molar-refractivity contribution is -0.162. The molecule has 3 atom stereocenters. The van der Waals surface area contributed by atoms with Gasteiger partial charge in [0.25, 0.3) is 0 Å². The number of carbonyl (C=O) groups is 1. The zero-order valence-corrected chi connectivity index (χ0v) is 10.5. The molecule has 0 spiro atoms. The summed E-state index contributed by atoms with van der Waals surface area (Å²) >= 11 is 0.